The summed E-state index contributed by atoms with van der Waals surface area (Å²) in [5.74, 6) is -0.110. The van der Waals surface area contributed by atoms with Gasteiger partial charge in [-0.15, -0.1) is 11.8 Å². The lowest BCUT2D eigenvalue weighted by Crippen LogP contribution is -2.15. The minimum atomic E-state index is -0.427. The van der Waals surface area contributed by atoms with Crippen molar-refractivity contribution in [3.63, 3.8) is 0 Å². The van der Waals surface area contributed by atoms with E-state index >= 15 is 0 Å². The molecule has 2 heterocycles. The van der Waals surface area contributed by atoms with Crippen molar-refractivity contribution in [2.75, 3.05) is 11.9 Å². The maximum absolute atomic E-state index is 12.9. The number of fused-ring (bicyclic) bond motifs is 3. The number of nitrogens with one attached hydrogen (secondary N) is 1. The number of hydrogen-bond donors (Lipinski definition) is 1. The number of anilines is 1. The Labute approximate surface area is 177 Å². The van der Waals surface area contributed by atoms with Crippen LogP contribution in [-0.2, 0) is 17.5 Å². The van der Waals surface area contributed by atoms with E-state index in [9.17, 15) is 9.59 Å². The van der Waals surface area contributed by atoms with Gasteiger partial charge in [-0.2, -0.15) is 5.10 Å². The summed E-state index contributed by atoms with van der Waals surface area (Å²) in [6.45, 7) is 2.04. The molecule has 3 aromatic rings. The van der Waals surface area contributed by atoms with Crippen LogP contribution in [0.15, 0.2) is 47.4 Å². The predicted molar refractivity (Wildman–Crippen MR) is 114 cm³/mol. The molecule has 0 saturated carbocycles. The Morgan fingerprint density at radius 1 is 1.28 bits per heavy atom. The van der Waals surface area contributed by atoms with Gasteiger partial charge in [-0.25, -0.2) is 4.79 Å². The molecule has 1 aliphatic rings. The van der Waals surface area contributed by atoms with Gasteiger partial charge in [0.25, 0.3) is 5.91 Å². The number of aryl methyl sites for hydroxylation is 1. The lowest BCUT2D eigenvalue weighted by Gasteiger charge is -2.17. The highest BCUT2D eigenvalue weighted by atomic mass is 35.5. The number of aromatic nitrogens is 2. The van der Waals surface area contributed by atoms with Gasteiger partial charge in [0.1, 0.15) is 0 Å². The first kappa shape index (κ1) is 19.5. The number of hydrogen-bond acceptors (Lipinski definition) is 5. The molecule has 0 atom stereocenters. The van der Waals surface area contributed by atoms with E-state index < -0.39 is 5.97 Å². The van der Waals surface area contributed by atoms with Crippen LogP contribution < -0.4 is 5.32 Å². The molecule has 148 valence electrons. The molecule has 0 fully saturated rings. The summed E-state index contributed by atoms with van der Waals surface area (Å²) in [5, 5.41) is 7.94. The monoisotopic (exact) mass is 427 g/mol. The summed E-state index contributed by atoms with van der Waals surface area (Å²) < 4.78 is 6.73. The molecule has 0 aliphatic carbocycles. The highest BCUT2D eigenvalue weighted by Gasteiger charge is 2.28. The number of thioether (sulfide) groups is 1. The van der Waals surface area contributed by atoms with E-state index in [4.69, 9.17) is 16.3 Å². The molecule has 1 aliphatic heterocycles. The third-order valence-corrected chi connectivity index (χ3v) is 5.90. The summed E-state index contributed by atoms with van der Waals surface area (Å²) in [4.78, 5) is 26.0. The highest BCUT2D eigenvalue weighted by molar-refractivity contribution is 7.98. The molecular weight excluding hydrogens is 410 g/mol. The van der Waals surface area contributed by atoms with Gasteiger partial charge in [0.05, 0.1) is 17.9 Å². The maximum Gasteiger partial charge on any atom is 0.338 e. The van der Waals surface area contributed by atoms with Crippen LogP contribution in [0, 0.1) is 0 Å². The largest absolute Gasteiger partial charge is 0.462 e. The second-order valence-electron chi connectivity index (χ2n) is 6.48. The van der Waals surface area contributed by atoms with E-state index in [1.807, 2.05) is 25.2 Å². The fourth-order valence-electron chi connectivity index (χ4n) is 3.32. The van der Waals surface area contributed by atoms with Gasteiger partial charge in [0, 0.05) is 39.5 Å². The van der Waals surface area contributed by atoms with E-state index in [1.54, 1.807) is 47.6 Å². The van der Waals surface area contributed by atoms with Crippen LogP contribution in [-0.4, -0.2) is 28.3 Å². The first-order valence-corrected chi connectivity index (χ1v) is 10.4. The first-order chi connectivity index (χ1) is 14.0. The van der Waals surface area contributed by atoms with Crippen LogP contribution in [0.4, 0.5) is 5.69 Å². The SMILES string of the molecule is CCOC(=O)c1cccc(NC(=O)c2nn(C)c3c2CSc2ccc(Cl)cc2-3)c1. The maximum atomic E-state index is 12.9. The van der Waals surface area contributed by atoms with Gasteiger partial charge in [0.15, 0.2) is 5.69 Å². The number of halogens is 1. The van der Waals surface area contributed by atoms with Gasteiger partial charge >= 0.3 is 5.97 Å². The Morgan fingerprint density at radius 2 is 2.10 bits per heavy atom. The van der Waals surface area contributed by atoms with E-state index in [2.05, 4.69) is 10.4 Å². The fourth-order valence-corrected chi connectivity index (χ4v) is 4.54. The topological polar surface area (TPSA) is 73.2 Å². The second-order valence-corrected chi connectivity index (χ2v) is 7.94. The number of rotatable bonds is 4. The number of amides is 1. The summed E-state index contributed by atoms with van der Waals surface area (Å²) in [6.07, 6.45) is 0. The van der Waals surface area contributed by atoms with Crippen molar-refractivity contribution in [1.29, 1.82) is 0 Å². The van der Waals surface area contributed by atoms with Crippen molar-refractivity contribution >= 4 is 40.9 Å². The average molecular weight is 428 g/mol. The minimum absolute atomic E-state index is 0.290. The summed E-state index contributed by atoms with van der Waals surface area (Å²) >= 11 is 7.83. The van der Waals surface area contributed by atoms with Crippen molar-refractivity contribution in [3.05, 3.63) is 64.3 Å². The van der Waals surface area contributed by atoms with E-state index in [0.717, 1.165) is 21.7 Å². The Balaban J connectivity index is 1.64. The zero-order valence-electron chi connectivity index (χ0n) is 15.9. The molecule has 0 bridgehead atoms. The second kappa shape index (κ2) is 7.93. The van der Waals surface area contributed by atoms with E-state index in [-0.39, 0.29) is 5.91 Å². The van der Waals surface area contributed by atoms with Crippen LogP contribution in [0.3, 0.4) is 0 Å². The number of ether oxygens (including phenoxy) is 1. The van der Waals surface area contributed by atoms with Crippen molar-refractivity contribution in [2.45, 2.75) is 17.6 Å². The quantitative estimate of drug-likeness (QED) is 0.607. The van der Waals surface area contributed by atoms with Gasteiger partial charge in [0.2, 0.25) is 0 Å². The Morgan fingerprint density at radius 3 is 2.90 bits per heavy atom. The number of carbonyl (C=O) groups excluding carboxylic acids is 2. The van der Waals surface area contributed by atoms with Gasteiger partial charge in [-0.1, -0.05) is 17.7 Å². The molecule has 6 nitrogen and oxygen atoms in total. The van der Waals surface area contributed by atoms with Gasteiger partial charge in [-0.3, -0.25) is 9.48 Å². The molecule has 0 unspecified atom stereocenters. The van der Waals surface area contributed by atoms with Crippen LogP contribution >= 0.6 is 23.4 Å². The lowest BCUT2D eigenvalue weighted by atomic mass is 10.1. The summed E-state index contributed by atoms with van der Waals surface area (Å²) in [7, 11) is 1.82. The zero-order chi connectivity index (χ0) is 20.5. The highest BCUT2D eigenvalue weighted by Crippen LogP contribution is 2.43. The van der Waals surface area contributed by atoms with Gasteiger partial charge < -0.3 is 10.1 Å². The molecule has 0 saturated heterocycles. The summed E-state index contributed by atoms with van der Waals surface area (Å²) in [6, 6.07) is 12.4. The minimum Gasteiger partial charge on any atom is -0.462 e. The van der Waals surface area contributed by atoms with Gasteiger partial charge in [-0.05, 0) is 43.3 Å². The molecule has 0 radical (unpaired) electrons. The molecule has 4 rings (SSSR count). The number of benzene rings is 2. The molecule has 29 heavy (non-hydrogen) atoms. The average Bonchev–Trinajstić information content (AvgIpc) is 3.05. The first-order valence-electron chi connectivity index (χ1n) is 9.05. The van der Waals surface area contributed by atoms with Crippen LogP contribution in [0.5, 0.6) is 0 Å². The van der Waals surface area contributed by atoms with Crippen molar-refractivity contribution < 1.29 is 14.3 Å². The van der Waals surface area contributed by atoms with Crippen LogP contribution in [0.2, 0.25) is 5.02 Å². The number of carbonyl (C=O) groups is 2. The van der Waals surface area contributed by atoms with Crippen LogP contribution in [0.1, 0.15) is 33.3 Å². The molecule has 8 heteroatoms. The third kappa shape index (κ3) is 3.75. The summed E-state index contributed by atoms with van der Waals surface area (Å²) in [5.41, 5.74) is 3.99. The lowest BCUT2D eigenvalue weighted by molar-refractivity contribution is 0.0526. The molecule has 0 spiro atoms. The Bertz CT molecular complexity index is 1130. The Kier molecular flexibility index (Phi) is 5.34. The third-order valence-electron chi connectivity index (χ3n) is 4.56. The fraction of sp³-hybridized carbons (Fsp3) is 0.190. The molecule has 1 aromatic heterocycles. The molecular formula is C21H18ClN3O3S. The van der Waals surface area contributed by atoms with Crippen molar-refractivity contribution in [1.82, 2.24) is 9.78 Å². The van der Waals surface area contributed by atoms with Crippen molar-refractivity contribution in [2.24, 2.45) is 7.05 Å². The smallest absolute Gasteiger partial charge is 0.338 e. The van der Waals surface area contributed by atoms with Crippen molar-refractivity contribution in [3.8, 4) is 11.3 Å². The van der Waals surface area contributed by atoms with E-state index in [1.165, 1.54) is 0 Å². The molecule has 2 aromatic carbocycles. The zero-order valence-corrected chi connectivity index (χ0v) is 17.4. The predicted octanol–water partition coefficient (Wildman–Crippen LogP) is 4.78. The normalized spacial score (nSPS) is 12.1. The number of esters is 1. The standard InChI is InChI=1S/C21H18ClN3O3S/c1-3-28-21(27)12-5-4-6-14(9-12)23-20(26)18-16-11-29-17-8-7-13(22)10-15(17)19(16)25(2)24-18/h4-10H,3,11H2,1-2H3,(H,23,26). The number of nitrogens with zero attached hydrogens (tertiary/aromatic N) is 2. The Hall–Kier alpha value is -2.77. The molecule has 1 amide bonds. The van der Waals surface area contributed by atoms with Crippen LogP contribution in [0.25, 0.3) is 11.3 Å². The molecule has 1 N–H and O–H groups in total. The van der Waals surface area contributed by atoms with E-state index in [0.29, 0.717) is 34.3 Å².